The quantitative estimate of drug-likeness (QED) is 0.824. The van der Waals surface area contributed by atoms with Crippen LogP contribution in [0, 0.1) is 0 Å². The summed E-state index contributed by atoms with van der Waals surface area (Å²) in [6.45, 7) is 2.87. The molecule has 0 unspecified atom stereocenters. The molecule has 0 aliphatic carbocycles. The summed E-state index contributed by atoms with van der Waals surface area (Å²) in [5, 5.41) is 3.93. The zero-order valence-electron chi connectivity index (χ0n) is 7.64. The first-order valence-electron chi connectivity index (χ1n) is 4.23. The molecule has 0 amide bonds. The summed E-state index contributed by atoms with van der Waals surface area (Å²) in [5.41, 5.74) is 0.841. The van der Waals surface area contributed by atoms with Crippen molar-refractivity contribution in [2.24, 2.45) is 0 Å². The maximum atomic E-state index is 4.29. The molecule has 0 bridgehead atoms. The first kappa shape index (κ1) is 9.01. The molecular formula is C8H9N5S. The third kappa shape index (κ3) is 1.85. The maximum absolute atomic E-state index is 4.29. The average Bonchev–Trinajstić information content (AvgIpc) is 2.68. The third-order valence-electron chi connectivity index (χ3n) is 1.57. The lowest BCUT2D eigenvalue weighted by atomic mass is 10.3. The standard InChI is InChI=1S/C8H9N5S/c1-2-11-8-12-7(13-14-8)6-3-9-5-10-4-6/h3-5H,2H2,1H3,(H,11,12,13). The van der Waals surface area contributed by atoms with E-state index in [9.17, 15) is 0 Å². The van der Waals surface area contributed by atoms with Gasteiger partial charge in [-0.15, -0.1) is 0 Å². The molecule has 2 rings (SSSR count). The Morgan fingerprint density at radius 3 is 2.86 bits per heavy atom. The van der Waals surface area contributed by atoms with Gasteiger partial charge in [0.25, 0.3) is 0 Å². The van der Waals surface area contributed by atoms with Crippen molar-refractivity contribution in [2.75, 3.05) is 11.9 Å². The van der Waals surface area contributed by atoms with Crippen LogP contribution in [-0.4, -0.2) is 25.9 Å². The molecule has 5 nitrogen and oxygen atoms in total. The SMILES string of the molecule is CCNc1nc(-c2cncnc2)ns1. The molecule has 0 aliphatic rings. The van der Waals surface area contributed by atoms with E-state index in [0.29, 0.717) is 5.82 Å². The number of aromatic nitrogens is 4. The van der Waals surface area contributed by atoms with E-state index in [1.807, 2.05) is 6.92 Å². The fourth-order valence-corrected chi connectivity index (χ4v) is 1.63. The van der Waals surface area contributed by atoms with Crippen molar-refractivity contribution in [1.82, 2.24) is 19.3 Å². The molecule has 2 aromatic heterocycles. The first-order chi connectivity index (χ1) is 6.90. The first-order valence-corrected chi connectivity index (χ1v) is 5.00. The van der Waals surface area contributed by atoms with E-state index < -0.39 is 0 Å². The molecule has 0 spiro atoms. The van der Waals surface area contributed by atoms with E-state index in [1.165, 1.54) is 17.9 Å². The maximum Gasteiger partial charge on any atom is 0.202 e. The van der Waals surface area contributed by atoms with E-state index in [0.717, 1.165) is 17.2 Å². The number of hydrogen-bond acceptors (Lipinski definition) is 6. The van der Waals surface area contributed by atoms with Gasteiger partial charge in [0.1, 0.15) is 6.33 Å². The molecule has 0 fully saturated rings. The lowest BCUT2D eigenvalue weighted by molar-refractivity contribution is 1.15. The second-order valence-corrected chi connectivity index (χ2v) is 3.33. The largest absolute Gasteiger partial charge is 0.361 e. The van der Waals surface area contributed by atoms with Gasteiger partial charge in [-0.05, 0) is 6.92 Å². The summed E-state index contributed by atoms with van der Waals surface area (Å²) < 4.78 is 4.19. The Labute approximate surface area is 85.4 Å². The van der Waals surface area contributed by atoms with Crippen molar-refractivity contribution in [3.05, 3.63) is 18.7 Å². The van der Waals surface area contributed by atoms with E-state index in [-0.39, 0.29) is 0 Å². The molecule has 1 N–H and O–H groups in total. The number of nitrogens with one attached hydrogen (secondary N) is 1. The minimum absolute atomic E-state index is 0.673. The predicted octanol–water partition coefficient (Wildman–Crippen LogP) is 1.43. The van der Waals surface area contributed by atoms with Gasteiger partial charge in [-0.25, -0.2) is 9.97 Å². The Morgan fingerprint density at radius 1 is 1.36 bits per heavy atom. The Morgan fingerprint density at radius 2 is 2.14 bits per heavy atom. The summed E-state index contributed by atoms with van der Waals surface area (Å²) in [7, 11) is 0. The van der Waals surface area contributed by atoms with Crippen molar-refractivity contribution in [1.29, 1.82) is 0 Å². The summed E-state index contributed by atoms with van der Waals surface area (Å²) in [6.07, 6.45) is 4.89. The molecule has 14 heavy (non-hydrogen) atoms. The Bertz CT molecular complexity index is 399. The summed E-state index contributed by atoms with van der Waals surface area (Å²) in [5.74, 6) is 0.673. The lowest BCUT2D eigenvalue weighted by Crippen LogP contribution is -1.95. The Hall–Kier alpha value is -1.56. The van der Waals surface area contributed by atoms with Crippen LogP contribution in [0.1, 0.15) is 6.92 Å². The number of nitrogens with zero attached hydrogens (tertiary/aromatic N) is 4. The zero-order chi connectivity index (χ0) is 9.80. The van der Waals surface area contributed by atoms with Crippen LogP contribution in [0.2, 0.25) is 0 Å². The topological polar surface area (TPSA) is 63.6 Å². The van der Waals surface area contributed by atoms with Gasteiger partial charge in [0.05, 0.1) is 5.56 Å². The van der Waals surface area contributed by atoms with Gasteiger partial charge in [-0.2, -0.15) is 9.36 Å². The van der Waals surface area contributed by atoms with Crippen molar-refractivity contribution in [3.8, 4) is 11.4 Å². The van der Waals surface area contributed by atoms with Crippen LogP contribution in [0.5, 0.6) is 0 Å². The van der Waals surface area contributed by atoms with Crippen molar-refractivity contribution in [2.45, 2.75) is 6.92 Å². The number of hydrogen-bond donors (Lipinski definition) is 1. The van der Waals surface area contributed by atoms with E-state index in [2.05, 4.69) is 24.6 Å². The van der Waals surface area contributed by atoms with Crippen LogP contribution in [0.25, 0.3) is 11.4 Å². The molecular weight excluding hydrogens is 198 g/mol. The number of rotatable bonds is 3. The molecule has 0 saturated heterocycles. The molecule has 2 heterocycles. The number of anilines is 1. The minimum atomic E-state index is 0.673. The van der Waals surface area contributed by atoms with Crippen LogP contribution in [0.15, 0.2) is 18.7 Å². The normalized spacial score (nSPS) is 10.1. The van der Waals surface area contributed by atoms with Crippen LogP contribution < -0.4 is 5.32 Å². The highest BCUT2D eigenvalue weighted by atomic mass is 32.1. The summed E-state index contributed by atoms with van der Waals surface area (Å²) >= 11 is 1.34. The van der Waals surface area contributed by atoms with Crippen LogP contribution in [-0.2, 0) is 0 Å². The zero-order valence-corrected chi connectivity index (χ0v) is 8.45. The molecule has 0 radical (unpaired) electrons. The fourth-order valence-electron chi connectivity index (χ4n) is 0.978. The molecule has 0 aliphatic heterocycles. The third-order valence-corrected chi connectivity index (χ3v) is 2.25. The molecule has 72 valence electrons. The Balaban J connectivity index is 2.25. The van der Waals surface area contributed by atoms with Crippen molar-refractivity contribution in [3.63, 3.8) is 0 Å². The average molecular weight is 207 g/mol. The van der Waals surface area contributed by atoms with Crippen LogP contribution in [0.3, 0.4) is 0 Å². The molecule has 0 aromatic carbocycles. The molecule has 2 aromatic rings. The van der Waals surface area contributed by atoms with Crippen molar-refractivity contribution >= 4 is 16.7 Å². The molecule has 6 heteroatoms. The van der Waals surface area contributed by atoms with Gasteiger partial charge in [-0.1, -0.05) is 0 Å². The lowest BCUT2D eigenvalue weighted by Gasteiger charge is -1.93. The monoisotopic (exact) mass is 207 g/mol. The second kappa shape index (κ2) is 4.10. The van der Waals surface area contributed by atoms with Gasteiger partial charge < -0.3 is 5.32 Å². The van der Waals surface area contributed by atoms with Crippen molar-refractivity contribution < 1.29 is 0 Å². The fraction of sp³-hybridized carbons (Fsp3) is 0.250. The van der Waals surface area contributed by atoms with Gasteiger partial charge in [0.15, 0.2) is 5.82 Å². The van der Waals surface area contributed by atoms with E-state index >= 15 is 0 Å². The highest BCUT2D eigenvalue weighted by molar-refractivity contribution is 7.09. The Kier molecular flexibility index (Phi) is 2.64. The highest BCUT2D eigenvalue weighted by Gasteiger charge is 2.05. The summed E-state index contributed by atoms with van der Waals surface area (Å²) in [6, 6.07) is 0. The van der Waals surface area contributed by atoms with Gasteiger partial charge in [-0.3, -0.25) is 0 Å². The minimum Gasteiger partial charge on any atom is -0.361 e. The van der Waals surface area contributed by atoms with Gasteiger partial charge in [0, 0.05) is 30.5 Å². The van der Waals surface area contributed by atoms with Gasteiger partial charge in [0.2, 0.25) is 5.13 Å². The summed E-state index contributed by atoms with van der Waals surface area (Å²) in [4.78, 5) is 12.1. The van der Waals surface area contributed by atoms with Gasteiger partial charge >= 0.3 is 0 Å². The van der Waals surface area contributed by atoms with E-state index in [1.54, 1.807) is 12.4 Å². The molecule has 0 saturated carbocycles. The molecule has 0 atom stereocenters. The highest BCUT2D eigenvalue weighted by Crippen LogP contribution is 2.18. The smallest absolute Gasteiger partial charge is 0.202 e. The predicted molar refractivity (Wildman–Crippen MR) is 55.1 cm³/mol. The van der Waals surface area contributed by atoms with E-state index in [4.69, 9.17) is 0 Å². The second-order valence-electron chi connectivity index (χ2n) is 2.58. The van der Waals surface area contributed by atoms with Crippen LogP contribution >= 0.6 is 11.5 Å². The van der Waals surface area contributed by atoms with Crippen LogP contribution in [0.4, 0.5) is 5.13 Å².